The van der Waals surface area contributed by atoms with Crippen LogP contribution in [0.2, 0.25) is 0 Å². The Kier molecular flexibility index (Phi) is 5.15. The molecule has 4 rings (SSSR count). The largest absolute Gasteiger partial charge is 0.368 e. The number of nitrogens with zero attached hydrogens (tertiary/aromatic N) is 4. The highest BCUT2D eigenvalue weighted by molar-refractivity contribution is 5.92. The van der Waals surface area contributed by atoms with Crippen LogP contribution in [-0.4, -0.2) is 50.7 Å². The van der Waals surface area contributed by atoms with Gasteiger partial charge >= 0.3 is 0 Å². The quantitative estimate of drug-likeness (QED) is 0.872. The zero-order valence-corrected chi connectivity index (χ0v) is 15.1. The standard InChI is InChI=1S/C19H23N5O3/c25-18(21-12-14-5-1-3-7-20-14)16-11-15-13-23(8-9-24(15)22-16)19(26)17-6-2-4-10-27-17/h1,3,5,7,11,17H,2,4,6,8-10,12-13H2,(H,21,25)/t17-/m1/s1. The normalized spacial score (nSPS) is 19.4. The van der Waals surface area contributed by atoms with Gasteiger partial charge in [0.15, 0.2) is 5.69 Å². The lowest BCUT2D eigenvalue weighted by Gasteiger charge is -2.32. The molecule has 2 aromatic rings. The molecule has 0 aromatic carbocycles. The molecule has 0 spiro atoms. The summed E-state index contributed by atoms with van der Waals surface area (Å²) in [5.74, 6) is -0.195. The van der Waals surface area contributed by atoms with Crippen LogP contribution in [0.1, 0.15) is 41.1 Å². The van der Waals surface area contributed by atoms with Gasteiger partial charge in [-0.05, 0) is 37.5 Å². The van der Waals surface area contributed by atoms with Gasteiger partial charge in [-0.25, -0.2) is 0 Å². The Balaban J connectivity index is 1.38. The number of hydrogen-bond donors (Lipinski definition) is 1. The van der Waals surface area contributed by atoms with E-state index in [4.69, 9.17) is 4.74 Å². The Labute approximate surface area is 157 Å². The molecule has 2 aromatic heterocycles. The Hall–Kier alpha value is -2.74. The van der Waals surface area contributed by atoms with Gasteiger partial charge in [0.2, 0.25) is 0 Å². The van der Waals surface area contributed by atoms with E-state index in [0.717, 1.165) is 30.7 Å². The van der Waals surface area contributed by atoms with E-state index in [1.165, 1.54) is 0 Å². The fourth-order valence-corrected chi connectivity index (χ4v) is 3.47. The lowest BCUT2D eigenvalue weighted by Crippen LogP contribution is -2.45. The molecule has 0 unspecified atom stereocenters. The maximum Gasteiger partial charge on any atom is 0.272 e. The summed E-state index contributed by atoms with van der Waals surface area (Å²) in [6.45, 7) is 2.64. The molecule has 0 radical (unpaired) electrons. The van der Waals surface area contributed by atoms with Crippen LogP contribution in [0.5, 0.6) is 0 Å². The Morgan fingerprint density at radius 1 is 1.26 bits per heavy atom. The highest BCUT2D eigenvalue weighted by Gasteiger charge is 2.30. The van der Waals surface area contributed by atoms with Crippen LogP contribution >= 0.6 is 0 Å². The van der Waals surface area contributed by atoms with Crippen LogP contribution in [0.15, 0.2) is 30.5 Å². The number of carbonyl (C=O) groups is 2. The molecule has 0 bridgehead atoms. The van der Waals surface area contributed by atoms with Crippen molar-refractivity contribution in [1.82, 2.24) is 25.0 Å². The Morgan fingerprint density at radius 3 is 2.96 bits per heavy atom. The molecule has 1 fully saturated rings. The highest BCUT2D eigenvalue weighted by Crippen LogP contribution is 2.19. The van der Waals surface area contributed by atoms with Gasteiger partial charge in [0.25, 0.3) is 11.8 Å². The van der Waals surface area contributed by atoms with Crippen molar-refractivity contribution in [1.29, 1.82) is 0 Å². The molecular weight excluding hydrogens is 346 g/mol. The molecule has 2 amide bonds. The highest BCUT2D eigenvalue weighted by atomic mass is 16.5. The van der Waals surface area contributed by atoms with Gasteiger partial charge in [0.05, 0.1) is 31.0 Å². The number of aromatic nitrogens is 3. The first kappa shape index (κ1) is 17.7. The molecule has 1 N–H and O–H groups in total. The van der Waals surface area contributed by atoms with Crippen molar-refractivity contribution in [3.63, 3.8) is 0 Å². The molecule has 27 heavy (non-hydrogen) atoms. The molecule has 0 saturated carbocycles. The van der Waals surface area contributed by atoms with Crippen molar-refractivity contribution in [3.8, 4) is 0 Å². The minimum absolute atomic E-state index is 0.0447. The summed E-state index contributed by atoms with van der Waals surface area (Å²) in [5, 5.41) is 7.22. The smallest absolute Gasteiger partial charge is 0.272 e. The van der Waals surface area contributed by atoms with Crippen LogP contribution in [0.4, 0.5) is 0 Å². The lowest BCUT2D eigenvalue weighted by atomic mass is 10.1. The summed E-state index contributed by atoms with van der Waals surface area (Å²) < 4.78 is 7.42. The average molecular weight is 369 g/mol. The predicted octanol–water partition coefficient (Wildman–Crippen LogP) is 1.12. The SMILES string of the molecule is O=C(NCc1ccccn1)c1cc2n(n1)CCN(C(=O)[C@H]1CCCCO1)C2. The van der Waals surface area contributed by atoms with Gasteiger partial charge < -0.3 is 15.0 Å². The van der Waals surface area contributed by atoms with E-state index < -0.39 is 0 Å². The first-order chi connectivity index (χ1) is 13.2. The topological polar surface area (TPSA) is 89.4 Å². The third-order valence-electron chi connectivity index (χ3n) is 4.95. The number of hydrogen-bond acceptors (Lipinski definition) is 5. The summed E-state index contributed by atoms with van der Waals surface area (Å²) in [4.78, 5) is 31.0. The van der Waals surface area contributed by atoms with Crippen LogP contribution < -0.4 is 5.32 Å². The van der Waals surface area contributed by atoms with Crippen molar-refractivity contribution in [2.24, 2.45) is 0 Å². The maximum atomic E-state index is 12.6. The molecule has 0 aliphatic carbocycles. The van der Waals surface area contributed by atoms with Crippen molar-refractivity contribution in [2.45, 2.75) is 45.0 Å². The average Bonchev–Trinajstić information content (AvgIpc) is 3.16. The summed E-state index contributed by atoms with van der Waals surface area (Å²) in [7, 11) is 0. The fourth-order valence-electron chi connectivity index (χ4n) is 3.47. The second kappa shape index (κ2) is 7.87. The van der Waals surface area contributed by atoms with Gasteiger partial charge in [-0.1, -0.05) is 6.07 Å². The summed E-state index contributed by atoms with van der Waals surface area (Å²) in [5.41, 5.74) is 2.02. The molecule has 1 atom stereocenters. The summed E-state index contributed by atoms with van der Waals surface area (Å²) >= 11 is 0. The van der Waals surface area contributed by atoms with E-state index in [1.54, 1.807) is 16.9 Å². The van der Waals surface area contributed by atoms with E-state index >= 15 is 0 Å². The van der Waals surface area contributed by atoms with E-state index in [0.29, 0.717) is 38.5 Å². The Bertz CT molecular complexity index is 814. The fraction of sp³-hybridized carbons (Fsp3) is 0.474. The van der Waals surface area contributed by atoms with Gasteiger partial charge in [-0.2, -0.15) is 5.10 Å². The molecule has 4 heterocycles. The lowest BCUT2D eigenvalue weighted by molar-refractivity contribution is -0.148. The monoisotopic (exact) mass is 369 g/mol. The van der Waals surface area contributed by atoms with Gasteiger partial charge in [-0.3, -0.25) is 19.3 Å². The van der Waals surface area contributed by atoms with Gasteiger partial charge in [0, 0.05) is 19.3 Å². The molecule has 8 nitrogen and oxygen atoms in total. The Morgan fingerprint density at radius 2 is 2.19 bits per heavy atom. The van der Waals surface area contributed by atoms with Crippen LogP contribution in [-0.2, 0) is 29.2 Å². The van der Waals surface area contributed by atoms with Crippen LogP contribution in [0, 0.1) is 0 Å². The van der Waals surface area contributed by atoms with Crippen LogP contribution in [0.25, 0.3) is 0 Å². The first-order valence-corrected chi connectivity index (χ1v) is 9.36. The summed E-state index contributed by atoms with van der Waals surface area (Å²) in [6, 6.07) is 7.33. The van der Waals surface area contributed by atoms with Gasteiger partial charge in [-0.15, -0.1) is 0 Å². The molecule has 142 valence electrons. The molecule has 8 heteroatoms. The minimum atomic E-state index is -0.325. The molecule has 2 aliphatic heterocycles. The second-order valence-corrected chi connectivity index (χ2v) is 6.86. The van der Waals surface area contributed by atoms with E-state index in [1.807, 2.05) is 23.1 Å². The maximum absolute atomic E-state index is 12.6. The van der Waals surface area contributed by atoms with Crippen molar-refractivity contribution in [3.05, 3.63) is 47.5 Å². The predicted molar refractivity (Wildman–Crippen MR) is 96.6 cm³/mol. The van der Waals surface area contributed by atoms with E-state index in [2.05, 4.69) is 15.4 Å². The van der Waals surface area contributed by atoms with Crippen LogP contribution in [0.3, 0.4) is 0 Å². The molecule has 1 saturated heterocycles. The number of fused-ring (bicyclic) bond motifs is 1. The number of nitrogens with one attached hydrogen (secondary N) is 1. The van der Waals surface area contributed by atoms with E-state index in [-0.39, 0.29) is 17.9 Å². The number of rotatable bonds is 4. The number of amides is 2. The zero-order chi connectivity index (χ0) is 18.6. The number of carbonyl (C=O) groups excluding carboxylic acids is 2. The van der Waals surface area contributed by atoms with Crippen molar-refractivity contribution >= 4 is 11.8 Å². The molecular formula is C19H23N5O3. The number of ether oxygens (including phenoxy) is 1. The zero-order valence-electron chi connectivity index (χ0n) is 15.1. The second-order valence-electron chi connectivity index (χ2n) is 6.86. The van der Waals surface area contributed by atoms with Crippen molar-refractivity contribution in [2.75, 3.05) is 13.2 Å². The summed E-state index contributed by atoms with van der Waals surface area (Å²) in [6.07, 6.45) is 4.21. The number of pyridine rings is 1. The van der Waals surface area contributed by atoms with E-state index in [9.17, 15) is 9.59 Å². The third kappa shape index (κ3) is 4.00. The van der Waals surface area contributed by atoms with Crippen molar-refractivity contribution < 1.29 is 14.3 Å². The molecule has 2 aliphatic rings. The third-order valence-corrected chi connectivity index (χ3v) is 4.95. The first-order valence-electron chi connectivity index (χ1n) is 9.36. The minimum Gasteiger partial charge on any atom is -0.368 e. The van der Waals surface area contributed by atoms with Gasteiger partial charge in [0.1, 0.15) is 6.10 Å².